The van der Waals surface area contributed by atoms with E-state index in [4.69, 9.17) is 0 Å². The van der Waals surface area contributed by atoms with E-state index in [1.54, 1.807) is 0 Å². The second-order valence-electron chi connectivity index (χ2n) is 5.98. The molecule has 0 aliphatic rings. The van der Waals surface area contributed by atoms with E-state index in [1.165, 1.54) is 6.42 Å². The molecule has 2 unspecified atom stereocenters. The minimum absolute atomic E-state index is 0.117. The second-order valence-corrected chi connectivity index (χ2v) is 5.98. The van der Waals surface area contributed by atoms with Gasteiger partial charge >= 0.3 is 0 Å². The number of hydrogen-bond acceptors (Lipinski definition) is 3. The van der Waals surface area contributed by atoms with Crippen molar-refractivity contribution in [3.05, 3.63) is 0 Å². The van der Waals surface area contributed by atoms with Crippen LogP contribution in [0.1, 0.15) is 67.2 Å². The Balaban J connectivity index is 3.97. The molecule has 21 heavy (non-hydrogen) atoms. The summed E-state index contributed by atoms with van der Waals surface area (Å²) in [5.74, 6) is 0.124. The van der Waals surface area contributed by atoms with Gasteiger partial charge < -0.3 is 15.5 Å². The van der Waals surface area contributed by atoms with Crippen LogP contribution in [0.15, 0.2) is 0 Å². The van der Waals surface area contributed by atoms with Gasteiger partial charge in [0.2, 0.25) is 5.91 Å². The van der Waals surface area contributed by atoms with Crippen molar-refractivity contribution in [1.29, 1.82) is 0 Å². The largest absolute Gasteiger partial charge is 0.352 e. The maximum absolute atomic E-state index is 12.1. The number of carbonyl (C=O) groups is 1. The Labute approximate surface area is 132 Å². The first-order valence-corrected chi connectivity index (χ1v) is 8.77. The average molecular weight is 300 g/mol. The first-order valence-electron chi connectivity index (χ1n) is 8.77. The molecule has 0 aromatic heterocycles. The highest BCUT2D eigenvalue weighted by atomic mass is 16.2. The van der Waals surface area contributed by atoms with Crippen molar-refractivity contribution < 1.29 is 4.79 Å². The summed E-state index contributed by atoms with van der Waals surface area (Å²) in [5.41, 5.74) is 0. The zero-order chi connectivity index (χ0) is 16.3. The molecule has 0 aromatic rings. The van der Waals surface area contributed by atoms with Crippen molar-refractivity contribution in [3.8, 4) is 0 Å². The van der Waals surface area contributed by atoms with E-state index in [-0.39, 0.29) is 11.9 Å². The van der Waals surface area contributed by atoms with Gasteiger partial charge in [0.25, 0.3) is 0 Å². The Morgan fingerprint density at radius 1 is 1.05 bits per heavy atom. The van der Waals surface area contributed by atoms with Gasteiger partial charge in [-0.1, -0.05) is 27.7 Å². The minimum Gasteiger partial charge on any atom is -0.352 e. The SMILES string of the molecule is CCC(CC)NC(=O)C(C)NC(C)CCCN(CC)CC. The Hall–Kier alpha value is -0.610. The van der Waals surface area contributed by atoms with E-state index < -0.39 is 0 Å². The third-order valence-corrected chi connectivity index (χ3v) is 4.27. The number of amides is 1. The summed E-state index contributed by atoms with van der Waals surface area (Å²) in [6.45, 7) is 16.1. The number of carbonyl (C=O) groups excluding carboxylic acids is 1. The van der Waals surface area contributed by atoms with Crippen LogP contribution in [-0.2, 0) is 4.79 Å². The zero-order valence-electron chi connectivity index (χ0n) is 15.0. The maximum Gasteiger partial charge on any atom is 0.237 e. The standard InChI is InChI=1S/C17H37N3O/c1-7-16(8-2)19-17(21)15(6)18-14(5)12-11-13-20(9-3)10-4/h14-16,18H,7-13H2,1-6H3,(H,19,21). The molecule has 0 rings (SSSR count). The normalized spacial score (nSPS) is 14.5. The summed E-state index contributed by atoms with van der Waals surface area (Å²) < 4.78 is 0. The van der Waals surface area contributed by atoms with Gasteiger partial charge in [-0.15, -0.1) is 0 Å². The van der Waals surface area contributed by atoms with Gasteiger partial charge in [-0.25, -0.2) is 0 Å². The molecule has 4 nitrogen and oxygen atoms in total. The number of nitrogens with one attached hydrogen (secondary N) is 2. The lowest BCUT2D eigenvalue weighted by Crippen LogP contribution is -2.48. The van der Waals surface area contributed by atoms with Gasteiger partial charge in [-0.3, -0.25) is 4.79 Å². The molecule has 0 heterocycles. The van der Waals surface area contributed by atoms with E-state index >= 15 is 0 Å². The Morgan fingerprint density at radius 2 is 1.62 bits per heavy atom. The van der Waals surface area contributed by atoms with Crippen LogP contribution in [0.25, 0.3) is 0 Å². The fourth-order valence-electron chi connectivity index (χ4n) is 2.57. The van der Waals surface area contributed by atoms with Gasteiger partial charge in [-0.05, 0) is 59.2 Å². The molecule has 2 N–H and O–H groups in total. The summed E-state index contributed by atoms with van der Waals surface area (Å²) in [7, 11) is 0. The van der Waals surface area contributed by atoms with Crippen LogP contribution in [0, 0.1) is 0 Å². The molecule has 1 amide bonds. The van der Waals surface area contributed by atoms with E-state index in [1.807, 2.05) is 6.92 Å². The first kappa shape index (κ1) is 20.4. The molecule has 0 spiro atoms. The molecular formula is C17H37N3O. The van der Waals surface area contributed by atoms with Crippen molar-refractivity contribution >= 4 is 5.91 Å². The van der Waals surface area contributed by atoms with Crippen molar-refractivity contribution in [2.45, 2.75) is 85.4 Å². The van der Waals surface area contributed by atoms with Crippen LogP contribution in [0.3, 0.4) is 0 Å². The van der Waals surface area contributed by atoms with Crippen LogP contribution >= 0.6 is 0 Å². The molecule has 2 atom stereocenters. The predicted octanol–water partition coefficient (Wildman–Crippen LogP) is 2.78. The maximum atomic E-state index is 12.1. The molecule has 0 saturated carbocycles. The van der Waals surface area contributed by atoms with E-state index in [2.05, 4.69) is 50.2 Å². The van der Waals surface area contributed by atoms with E-state index in [9.17, 15) is 4.79 Å². The van der Waals surface area contributed by atoms with Crippen LogP contribution in [0.2, 0.25) is 0 Å². The summed E-state index contributed by atoms with van der Waals surface area (Å²) in [5, 5.41) is 6.52. The summed E-state index contributed by atoms with van der Waals surface area (Å²) in [6.07, 6.45) is 4.28. The highest BCUT2D eigenvalue weighted by Crippen LogP contribution is 2.02. The molecular weight excluding hydrogens is 262 g/mol. The Bertz CT molecular complexity index is 263. The minimum atomic E-state index is -0.117. The van der Waals surface area contributed by atoms with Crippen LogP contribution < -0.4 is 10.6 Å². The lowest BCUT2D eigenvalue weighted by molar-refractivity contribution is -0.123. The number of nitrogens with zero attached hydrogens (tertiary/aromatic N) is 1. The molecule has 0 radical (unpaired) electrons. The number of rotatable bonds is 12. The molecule has 4 heteroatoms. The molecule has 0 aliphatic carbocycles. The van der Waals surface area contributed by atoms with Crippen LogP contribution in [0.5, 0.6) is 0 Å². The topological polar surface area (TPSA) is 44.4 Å². The quantitative estimate of drug-likeness (QED) is 0.582. The van der Waals surface area contributed by atoms with E-state index in [0.29, 0.717) is 12.1 Å². The van der Waals surface area contributed by atoms with Gasteiger partial charge in [0.05, 0.1) is 6.04 Å². The molecule has 0 aliphatic heterocycles. The van der Waals surface area contributed by atoms with Gasteiger partial charge in [0.1, 0.15) is 0 Å². The van der Waals surface area contributed by atoms with Gasteiger partial charge in [0, 0.05) is 12.1 Å². The fraction of sp³-hybridized carbons (Fsp3) is 0.941. The molecule has 0 aromatic carbocycles. The van der Waals surface area contributed by atoms with Crippen LogP contribution in [0.4, 0.5) is 0 Å². The van der Waals surface area contributed by atoms with Gasteiger partial charge in [0.15, 0.2) is 0 Å². The highest BCUT2D eigenvalue weighted by Gasteiger charge is 2.17. The number of hydrogen-bond donors (Lipinski definition) is 2. The Kier molecular flexibility index (Phi) is 11.6. The smallest absolute Gasteiger partial charge is 0.237 e. The average Bonchev–Trinajstić information content (AvgIpc) is 2.48. The van der Waals surface area contributed by atoms with Crippen molar-refractivity contribution in [3.63, 3.8) is 0 Å². The molecule has 0 saturated heterocycles. The summed E-state index contributed by atoms with van der Waals surface area (Å²) in [6, 6.07) is 0.566. The molecule has 0 fully saturated rings. The highest BCUT2D eigenvalue weighted by molar-refractivity contribution is 5.81. The zero-order valence-corrected chi connectivity index (χ0v) is 15.0. The van der Waals surface area contributed by atoms with Gasteiger partial charge in [-0.2, -0.15) is 0 Å². The molecule has 126 valence electrons. The third-order valence-electron chi connectivity index (χ3n) is 4.27. The second kappa shape index (κ2) is 12.0. The van der Waals surface area contributed by atoms with Crippen LogP contribution in [-0.4, -0.2) is 48.6 Å². The van der Waals surface area contributed by atoms with E-state index in [0.717, 1.165) is 38.9 Å². The monoisotopic (exact) mass is 299 g/mol. The fourth-order valence-corrected chi connectivity index (χ4v) is 2.57. The lowest BCUT2D eigenvalue weighted by Gasteiger charge is -2.23. The third kappa shape index (κ3) is 9.10. The Morgan fingerprint density at radius 3 is 2.10 bits per heavy atom. The summed E-state index contributed by atoms with van der Waals surface area (Å²) >= 11 is 0. The summed E-state index contributed by atoms with van der Waals surface area (Å²) in [4.78, 5) is 14.5. The van der Waals surface area contributed by atoms with Crippen molar-refractivity contribution in [1.82, 2.24) is 15.5 Å². The molecule has 0 bridgehead atoms. The lowest BCUT2D eigenvalue weighted by atomic mass is 10.1. The first-order chi connectivity index (χ1) is 9.98. The van der Waals surface area contributed by atoms with Crippen molar-refractivity contribution in [2.75, 3.05) is 19.6 Å². The predicted molar refractivity (Wildman–Crippen MR) is 91.6 cm³/mol. The van der Waals surface area contributed by atoms with Crippen molar-refractivity contribution in [2.24, 2.45) is 0 Å².